The van der Waals surface area contributed by atoms with Crippen LogP contribution in [0, 0.1) is 0 Å². The van der Waals surface area contributed by atoms with Gasteiger partial charge in [-0.1, -0.05) is 23.7 Å². The Morgan fingerprint density at radius 3 is 2.88 bits per heavy atom. The molecule has 1 aromatic carbocycles. The quantitative estimate of drug-likeness (QED) is 0.585. The molecule has 9 heteroatoms. The molecule has 1 saturated carbocycles. The van der Waals surface area contributed by atoms with Crippen molar-refractivity contribution in [2.24, 2.45) is 4.99 Å². The summed E-state index contributed by atoms with van der Waals surface area (Å²) in [6.45, 7) is 0.457. The molecule has 2 aromatic rings. The summed E-state index contributed by atoms with van der Waals surface area (Å²) in [6.07, 6.45) is -2.99. The van der Waals surface area contributed by atoms with Crippen molar-refractivity contribution in [2.45, 2.75) is 31.0 Å². The van der Waals surface area contributed by atoms with Crippen LogP contribution in [-0.4, -0.2) is 30.6 Å². The maximum Gasteiger partial charge on any atom is 0.434 e. The van der Waals surface area contributed by atoms with Crippen molar-refractivity contribution in [3.8, 4) is 0 Å². The average molecular weight is 403 g/mol. The number of aliphatic imine (C=N–C) groups is 1. The van der Waals surface area contributed by atoms with Crippen molar-refractivity contribution < 1.29 is 13.2 Å². The minimum atomic E-state index is -4.39. The number of alkyl halides is 3. The Labute approximate surface area is 158 Å². The molecule has 140 valence electrons. The van der Waals surface area contributed by atoms with Crippen molar-refractivity contribution in [1.82, 2.24) is 15.6 Å². The van der Waals surface area contributed by atoms with Gasteiger partial charge in [0.25, 0.3) is 0 Å². The summed E-state index contributed by atoms with van der Waals surface area (Å²) in [4.78, 5) is 7.78. The fourth-order valence-corrected chi connectivity index (χ4v) is 3.68. The number of thiazole rings is 1. The van der Waals surface area contributed by atoms with E-state index in [1.165, 1.54) is 5.56 Å². The monoisotopic (exact) mass is 402 g/mol. The number of hydrogen-bond acceptors (Lipinski definition) is 3. The van der Waals surface area contributed by atoms with E-state index in [4.69, 9.17) is 11.6 Å². The van der Waals surface area contributed by atoms with E-state index in [9.17, 15) is 13.2 Å². The molecule has 0 spiro atoms. The minimum Gasteiger partial charge on any atom is -0.356 e. The van der Waals surface area contributed by atoms with Crippen LogP contribution in [0.25, 0.3) is 0 Å². The Balaban J connectivity index is 1.45. The molecule has 0 bridgehead atoms. The lowest BCUT2D eigenvalue weighted by Crippen LogP contribution is -2.39. The predicted octanol–water partition coefficient (Wildman–Crippen LogP) is 4.08. The van der Waals surface area contributed by atoms with Crippen LogP contribution in [0.1, 0.15) is 28.6 Å². The SMILES string of the molecule is CN=C(NCCc1nc(C(F)(F)F)cs1)NC1CC1c1cccc(Cl)c1. The number of benzene rings is 1. The van der Waals surface area contributed by atoms with Crippen molar-refractivity contribution in [2.75, 3.05) is 13.6 Å². The van der Waals surface area contributed by atoms with E-state index < -0.39 is 11.9 Å². The first kappa shape index (κ1) is 19.0. The Morgan fingerprint density at radius 1 is 1.42 bits per heavy atom. The van der Waals surface area contributed by atoms with E-state index in [1.807, 2.05) is 18.2 Å². The van der Waals surface area contributed by atoms with Crippen LogP contribution >= 0.6 is 22.9 Å². The number of nitrogens with one attached hydrogen (secondary N) is 2. The highest BCUT2D eigenvalue weighted by molar-refractivity contribution is 7.09. The van der Waals surface area contributed by atoms with Gasteiger partial charge >= 0.3 is 6.18 Å². The maximum absolute atomic E-state index is 12.5. The fraction of sp³-hybridized carbons (Fsp3) is 0.412. The van der Waals surface area contributed by atoms with Gasteiger partial charge in [0.05, 0.1) is 5.01 Å². The summed E-state index contributed by atoms with van der Waals surface area (Å²) in [5, 5.41) is 8.65. The predicted molar refractivity (Wildman–Crippen MR) is 97.9 cm³/mol. The number of halogens is 4. The molecule has 26 heavy (non-hydrogen) atoms. The van der Waals surface area contributed by atoms with Gasteiger partial charge in [-0.2, -0.15) is 13.2 Å². The third-order valence-electron chi connectivity index (χ3n) is 4.09. The molecule has 0 saturated heterocycles. The van der Waals surface area contributed by atoms with Gasteiger partial charge in [0.1, 0.15) is 0 Å². The maximum atomic E-state index is 12.5. The van der Waals surface area contributed by atoms with E-state index in [2.05, 4.69) is 26.7 Å². The molecule has 1 heterocycles. The summed E-state index contributed by atoms with van der Waals surface area (Å²) in [7, 11) is 1.66. The summed E-state index contributed by atoms with van der Waals surface area (Å²) < 4.78 is 37.6. The van der Waals surface area contributed by atoms with E-state index in [1.54, 1.807) is 7.05 Å². The molecule has 1 aromatic heterocycles. The molecule has 1 aliphatic carbocycles. The molecular formula is C17H18ClF3N4S. The summed E-state index contributed by atoms with van der Waals surface area (Å²) in [5.74, 6) is 1.02. The number of rotatable bonds is 5. The van der Waals surface area contributed by atoms with Crippen molar-refractivity contribution >= 4 is 28.9 Å². The third-order valence-corrected chi connectivity index (χ3v) is 5.23. The van der Waals surface area contributed by atoms with E-state index in [-0.39, 0.29) is 6.04 Å². The Hall–Kier alpha value is -1.80. The fourth-order valence-electron chi connectivity index (χ4n) is 2.67. The van der Waals surface area contributed by atoms with Gasteiger partial charge in [-0.25, -0.2) is 4.98 Å². The van der Waals surface area contributed by atoms with Crippen LogP contribution in [0.2, 0.25) is 5.02 Å². The zero-order valence-electron chi connectivity index (χ0n) is 14.0. The second-order valence-electron chi connectivity index (χ2n) is 6.02. The lowest BCUT2D eigenvalue weighted by atomic mass is 10.1. The zero-order chi connectivity index (χ0) is 18.7. The Kier molecular flexibility index (Phi) is 5.72. The van der Waals surface area contributed by atoms with Crippen LogP contribution in [0.4, 0.5) is 13.2 Å². The highest BCUT2D eigenvalue weighted by atomic mass is 35.5. The Morgan fingerprint density at radius 2 is 2.23 bits per heavy atom. The summed E-state index contributed by atoms with van der Waals surface area (Å²) in [6, 6.07) is 8.07. The zero-order valence-corrected chi connectivity index (χ0v) is 15.5. The number of aromatic nitrogens is 1. The normalized spacial score (nSPS) is 20.1. The van der Waals surface area contributed by atoms with Gasteiger partial charge in [-0.3, -0.25) is 4.99 Å². The minimum absolute atomic E-state index is 0.274. The third kappa shape index (κ3) is 4.88. The van der Waals surface area contributed by atoms with Gasteiger partial charge in [0, 0.05) is 42.4 Å². The molecule has 2 unspecified atom stereocenters. The van der Waals surface area contributed by atoms with Crippen molar-refractivity contribution in [3.63, 3.8) is 0 Å². The average Bonchev–Trinajstić information content (AvgIpc) is 3.18. The van der Waals surface area contributed by atoms with Crippen LogP contribution < -0.4 is 10.6 Å². The molecule has 1 aliphatic rings. The van der Waals surface area contributed by atoms with E-state index >= 15 is 0 Å². The van der Waals surface area contributed by atoms with Crippen LogP contribution in [0.3, 0.4) is 0 Å². The lowest BCUT2D eigenvalue weighted by molar-refractivity contribution is -0.140. The van der Waals surface area contributed by atoms with Crippen molar-refractivity contribution in [1.29, 1.82) is 0 Å². The highest BCUT2D eigenvalue weighted by Crippen LogP contribution is 2.41. The van der Waals surface area contributed by atoms with Gasteiger partial charge < -0.3 is 10.6 Å². The molecule has 2 atom stereocenters. The smallest absolute Gasteiger partial charge is 0.356 e. The lowest BCUT2D eigenvalue weighted by Gasteiger charge is -2.11. The standard InChI is InChI=1S/C17H18ClF3N4S/c1-22-16(23-6-5-15-25-14(9-26-15)17(19,20)21)24-13-8-12(13)10-3-2-4-11(18)7-10/h2-4,7,9,12-13H,5-6,8H2,1H3,(H2,22,23,24). The number of guanidine groups is 1. The van der Waals surface area contributed by atoms with E-state index in [0.29, 0.717) is 29.9 Å². The second kappa shape index (κ2) is 7.84. The summed E-state index contributed by atoms with van der Waals surface area (Å²) in [5.41, 5.74) is 0.357. The molecular weight excluding hydrogens is 385 g/mol. The Bertz CT molecular complexity index is 790. The van der Waals surface area contributed by atoms with Gasteiger partial charge in [0.15, 0.2) is 11.7 Å². The first-order valence-corrected chi connectivity index (χ1v) is 9.37. The molecule has 0 radical (unpaired) electrons. The molecule has 2 N–H and O–H groups in total. The second-order valence-corrected chi connectivity index (χ2v) is 7.40. The molecule has 0 amide bonds. The first-order valence-electron chi connectivity index (χ1n) is 8.11. The highest BCUT2D eigenvalue weighted by Gasteiger charge is 2.39. The topological polar surface area (TPSA) is 49.3 Å². The van der Waals surface area contributed by atoms with Crippen molar-refractivity contribution in [3.05, 3.63) is 50.9 Å². The van der Waals surface area contributed by atoms with Crippen LogP contribution in [-0.2, 0) is 12.6 Å². The first-order chi connectivity index (χ1) is 12.4. The largest absolute Gasteiger partial charge is 0.434 e. The molecule has 4 nitrogen and oxygen atoms in total. The number of hydrogen-bond donors (Lipinski definition) is 2. The van der Waals surface area contributed by atoms with Crippen LogP contribution in [0.15, 0.2) is 34.6 Å². The molecule has 3 rings (SSSR count). The van der Waals surface area contributed by atoms with Crippen LogP contribution in [0.5, 0.6) is 0 Å². The summed E-state index contributed by atoms with van der Waals surface area (Å²) >= 11 is 7.04. The van der Waals surface area contributed by atoms with Gasteiger partial charge in [-0.15, -0.1) is 11.3 Å². The van der Waals surface area contributed by atoms with Gasteiger partial charge in [-0.05, 0) is 24.1 Å². The van der Waals surface area contributed by atoms with E-state index in [0.717, 1.165) is 28.2 Å². The van der Waals surface area contributed by atoms with Gasteiger partial charge in [0.2, 0.25) is 0 Å². The molecule has 1 fully saturated rings. The number of nitrogens with zero attached hydrogens (tertiary/aromatic N) is 2. The molecule has 0 aliphatic heterocycles.